The molecule has 1 aromatic heterocycles. The van der Waals surface area contributed by atoms with Gasteiger partial charge in [-0.25, -0.2) is 5.14 Å². The van der Waals surface area contributed by atoms with Gasteiger partial charge in [0.05, 0.1) is 11.8 Å². The van der Waals surface area contributed by atoms with E-state index in [1.807, 2.05) is 0 Å². The zero-order valence-electron chi connectivity index (χ0n) is 10.1. The van der Waals surface area contributed by atoms with Crippen LogP contribution in [-0.2, 0) is 10.2 Å². The van der Waals surface area contributed by atoms with Gasteiger partial charge in [-0.3, -0.25) is 9.78 Å². The van der Waals surface area contributed by atoms with Gasteiger partial charge in [-0.2, -0.15) is 12.7 Å². The van der Waals surface area contributed by atoms with Crippen LogP contribution in [0.25, 0.3) is 0 Å². The first-order valence-electron chi connectivity index (χ1n) is 5.59. The van der Waals surface area contributed by atoms with Crippen molar-refractivity contribution in [2.45, 2.75) is 0 Å². The Morgan fingerprint density at radius 1 is 1.32 bits per heavy atom. The highest BCUT2D eigenvalue weighted by Crippen LogP contribution is 2.17. The highest BCUT2D eigenvalue weighted by Gasteiger charge is 2.27. The maximum atomic E-state index is 12.1. The third-order valence-corrected chi connectivity index (χ3v) is 4.00. The first kappa shape index (κ1) is 13.7. The number of hydrogen-bond acceptors (Lipinski definition) is 5. The van der Waals surface area contributed by atoms with E-state index in [2.05, 4.69) is 4.98 Å². The molecule has 1 amide bonds. The summed E-state index contributed by atoms with van der Waals surface area (Å²) in [4.78, 5) is 17.3. The molecule has 0 aromatic carbocycles. The maximum Gasteiger partial charge on any atom is 0.277 e. The van der Waals surface area contributed by atoms with Crippen LogP contribution in [0.15, 0.2) is 18.5 Å². The monoisotopic (exact) mass is 286 g/mol. The van der Waals surface area contributed by atoms with Gasteiger partial charge in [-0.15, -0.1) is 0 Å². The molecule has 0 spiro atoms. The zero-order chi connectivity index (χ0) is 14.0. The van der Waals surface area contributed by atoms with E-state index in [1.54, 1.807) is 0 Å². The number of nitrogens with zero attached hydrogens (tertiary/aromatic N) is 3. The number of amides is 1. The van der Waals surface area contributed by atoms with E-state index in [0.29, 0.717) is 0 Å². The molecule has 1 aromatic rings. The van der Waals surface area contributed by atoms with Crippen molar-refractivity contribution < 1.29 is 18.3 Å². The minimum atomic E-state index is -3.71. The Bertz CT molecular complexity index is 581. The molecular formula is C10H14N4O4S. The molecule has 2 rings (SSSR count). The second kappa shape index (κ2) is 5.11. The molecule has 2 heterocycles. The lowest BCUT2D eigenvalue weighted by molar-refractivity contribution is 0.0694. The third kappa shape index (κ3) is 3.00. The summed E-state index contributed by atoms with van der Waals surface area (Å²) in [6.07, 6.45) is 2.60. The number of carbonyl (C=O) groups is 1. The van der Waals surface area contributed by atoms with Gasteiger partial charge in [0.15, 0.2) is 0 Å². The molecule has 0 aliphatic carbocycles. The van der Waals surface area contributed by atoms with Gasteiger partial charge in [0.1, 0.15) is 5.75 Å². The number of nitrogens with two attached hydrogens (primary N) is 1. The van der Waals surface area contributed by atoms with E-state index in [9.17, 15) is 18.3 Å². The Morgan fingerprint density at radius 2 is 1.95 bits per heavy atom. The average Bonchev–Trinajstić information content (AvgIpc) is 2.38. The minimum Gasteiger partial charge on any atom is -0.505 e. The summed E-state index contributed by atoms with van der Waals surface area (Å²) >= 11 is 0. The van der Waals surface area contributed by atoms with E-state index in [1.165, 1.54) is 23.4 Å². The topological polar surface area (TPSA) is 117 Å². The van der Waals surface area contributed by atoms with Crippen molar-refractivity contribution in [3.63, 3.8) is 0 Å². The van der Waals surface area contributed by atoms with Crippen LogP contribution in [-0.4, -0.2) is 59.8 Å². The molecule has 0 saturated carbocycles. The van der Waals surface area contributed by atoms with Crippen molar-refractivity contribution in [2.24, 2.45) is 5.14 Å². The SMILES string of the molecule is NS(=O)(=O)N1CCN(C(=O)c2ccncc2O)CC1. The summed E-state index contributed by atoms with van der Waals surface area (Å²) in [5, 5.41) is 14.6. The quantitative estimate of drug-likeness (QED) is 0.704. The number of pyridine rings is 1. The molecule has 0 atom stereocenters. The van der Waals surface area contributed by atoms with Crippen LogP contribution < -0.4 is 5.14 Å². The van der Waals surface area contributed by atoms with Gasteiger partial charge in [0, 0.05) is 32.4 Å². The van der Waals surface area contributed by atoms with Gasteiger partial charge in [0.25, 0.3) is 16.1 Å². The van der Waals surface area contributed by atoms with Crippen molar-refractivity contribution in [3.05, 3.63) is 24.0 Å². The fraction of sp³-hybridized carbons (Fsp3) is 0.400. The Balaban J connectivity index is 2.07. The Kier molecular flexibility index (Phi) is 3.69. The van der Waals surface area contributed by atoms with Crippen molar-refractivity contribution in [1.82, 2.24) is 14.2 Å². The van der Waals surface area contributed by atoms with E-state index in [0.717, 1.165) is 4.31 Å². The van der Waals surface area contributed by atoms with E-state index < -0.39 is 10.2 Å². The lowest BCUT2D eigenvalue weighted by Gasteiger charge is -2.33. The van der Waals surface area contributed by atoms with E-state index in [-0.39, 0.29) is 43.4 Å². The summed E-state index contributed by atoms with van der Waals surface area (Å²) in [6.45, 7) is 0.765. The van der Waals surface area contributed by atoms with Crippen molar-refractivity contribution in [3.8, 4) is 5.75 Å². The predicted octanol–water partition coefficient (Wildman–Crippen LogP) is -1.25. The maximum absolute atomic E-state index is 12.1. The smallest absolute Gasteiger partial charge is 0.277 e. The molecule has 8 nitrogen and oxygen atoms in total. The fourth-order valence-electron chi connectivity index (χ4n) is 1.88. The van der Waals surface area contributed by atoms with Crippen LogP contribution in [0.5, 0.6) is 5.75 Å². The second-order valence-corrected chi connectivity index (χ2v) is 5.68. The number of carbonyl (C=O) groups excluding carboxylic acids is 1. The molecule has 1 saturated heterocycles. The van der Waals surface area contributed by atoms with Gasteiger partial charge < -0.3 is 10.0 Å². The molecule has 104 valence electrons. The highest BCUT2D eigenvalue weighted by atomic mass is 32.2. The number of hydrogen-bond donors (Lipinski definition) is 2. The normalized spacial score (nSPS) is 17.4. The number of aromatic nitrogens is 1. The molecule has 1 fully saturated rings. The Labute approximate surface area is 110 Å². The van der Waals surface area contributed by atoms with Gasteiger partial charge in [-0.05, 0) is 6.07 Å². The van der Waals surface area contributed by atoms with E-state index >= 15 is 0 Å². The van der Waals surface area contributed by atoms with Crippen LogP contribution in [0.4, 0.5) is 0 Å². The average molecular weight is 286 g/mol. The number of piperazine rings is 1. The lowest BCUT2D eigenvalue weighted by Crippen LogP contribution is -2.52. The summed E-state index contributed by atoms with van der Waals surface area (Å²) in [6, 6.07) is 1.42. The first-order chi connectivity index (χ1) is 8.89. The number of aromatic hydroxyl groups is 1. The van der Waals surface area contributed by atoms with Gasteiger partial charge in [-0.1, -0.05) is 0 Å². The molecule has 0 radical (unpaired) electrons. The van der Waals surface area contributed by atoms with E-state index in [4.69, 9.17) is 5.14 Å². The van der Waals surface area contributed by atoms with Crippen LogP contribution in [0.1, 0.15) is 10.4 Å². The first-order valence-corrected chi connectivity index (χ1v) is 7.10. The van der Waals surface area contributed by atoms with Crippen LogP contribution in [0.2, 0.25) is 0 Å². The minimum absolute atomic E-state index is 0.149. The molecular weight excluding hydrogens is 272 g/mol. The lowest BCUT2D eigenvalue weighted by atomic mass is 10.2. The standard InChI is InChI=1S/C10H14N4O4S/c11-19(17,18)14-5-3-13(4-6-14)10(16)8-1-2-12-7-9(8)15/h1-2,7,15H,3-6H2,(H2,11,17,18). The molecule has 1 aliphatic heterocycles. The van der Waals surface area contributed by atoms with Gasteiger partial charge >= 0.3 is 0 Å². The van der Waals surface area contributed by atoms with Crippen molar-refractivity contribution >= 4 is 16.1 Å². The molecule has 1 aliphatic rings. The summed E-state index contributed by atoms with van der Waals surface area (Å²) in [5.41, 5.74) is 0.152. The fourth-order valence-corrected chi connectivity index (χ4v) is 2.56. The summed E-state index contributed by atoms with van der Waals surface area (Å²) in [7, 11) is -3.71. The van der Waals surface area contributed by atoms with Gasteiger partial charge in [0.2, 0.25) is 0 Å². The largest absolute Gasteiger partial charge is 0.505 e. The van der Waals surface area contributed by atoms with Crippen molar-refractivity contribution in [1.29, 1.82) is 0 Å². The molecule has 3 N–H and O–H groups in total. The van der Waals surface area contributed by atoms with Crippen LogP contribution >= 0.6 is 0 Å². The molecule has 0 unspecified atom stereocenters. The summed E-state index contributed by atoms with van der Waals surface area (Å²) in [5.74, 6) is -0.546. The Hall–Kier alpha value is -1.71. The number of rotatable bonds is 2. The van der Waals surface area contributed by atoms with Crippen LogP contribution in [0.3, 0.4) is 0 Å². The zero-order valence-corrected chi connectivity index (χ0v) is 10.9. The predicted molar refractivity (Wildman–Crippen MR) is 66.5 cm³/mol. The molecule has 9 heteroatoms. The Morgan fingerprint density at radius 3 is 2.47 bits per heavy atom. The highest BCUT2D eigenvalue weighted by molar-refractivity contribution is 7.86. The van der Waals surface area contributed by atoms with Crippen molar-refractivity contribution in [2.75, 3.05) is 26.2 Å². The van der Waals surface area contributed by atoms with Crippen LogP contribution in [0, 0.1) is 0 Å². The molecule has 0 bridgehead atoms. The molecule has 19 heavy (non-hydrogen) atoms. The third-order valence-electron chi connectivity index (χ3n) is 2.92. The summed E-state index contributed by atoms with van der Waals surface area (Å²) < 4.78 is 23.4. The second-order valence-electron chi connectivity index (χ2n) is 4.13.